The first-order valence-electron chi connectivity index (χ1n) is 11.5. The summed E-state index contributed by atoms with van der Waals surface area (Å²) in [6.45, 7) is 5.11. The largest absolute Gasteiger partial charge is 0.494 e. The number of pyridine rings is 2. The van der Waals surface area contributed by atoms with Gasteiger partial charge >= 0.3 is 0 Å². The van der Waals surface area contributed by atoms with Gasteiger partial charge in [0.1, 0.15) is 0 Å². The van der Waals surface area contributed by atoms with E-state index in [2.05, 4.69) is 28.9 Å². The van der Waals surface area contributed by atoms with E-state index in [9.17, 15) is 8.78 Å². The summed E-state index contributed by atoms with van der Waals surface area (Å²) in [6, 6.07) is 5.48. The summed E-state index contributed by atoms with van der Waals surface area (Å²) in [6.07, 6.45) is 7.40. The molecule has 0 spiro atoms. The van der Waals surface area contributed by atoms with Gasteiger partial charge in [0, 0.05) is 78.8 Å². The standard InChI is InChI=1S/C27H27F2N3O2/c1-4-32-8-7-22-19(15-32)9-17(13-30-22)18-11-20-16(5-6-23(20)31-14-18)10-21-26(28)24(33-2)12-25(34-3)27(21)29/h5,9,11-14H,4,6-8,10,15H2,1-3H3. The van der Waals surface area contributed by atoms with Crippen LogP contribution in [-0.4, -0.2) is 42.2 Å². The molecule has 0 unspecified atom stereocenters. The molecule has 0 atom stereocenters. The van der Waals surface area contributed by atoms with Gasteiger partial charge in [-0.25, -0.2) is 8.78 Å². The molecule has 5 rings (SSSR count). The van der Waals surface area contributed by atoms with Crippen molar-refractivity contribution in [1.82, 2.24) is 14.9 Å². The Morgan fingerprint density at radius 1 is 0.941 bits per heavy atom. The van der Waals surface area contributed by atoms with Crippen LogP contribution in [0.5, 0.6) is 11.5 Å². The molecule has 1 aromatic carbocycles. The van der Waals surface area contributed by atoms with E-state index < -0.39 is 11.6 Å². The number of nitrogens with zero attached hydrogens (tertiary/aromatic N) is 3. The molecule has 7 heteroatoms. The molecule has 1 aliphatic carbocycles. The third-order valence-corrected chi connectivity index (χ3v) is 6.79. The van der Waals surface area contributed by atoms with Crippen LogP contribution in [0.2, 0.25) is 0 Å². The van der Waals surface area contributed by atoms with E-state index in [1.165, 1.54) is 25.8 Å². The highest BCUT2D eigenvalue weighted by molar-refractivity contribution is 5.78. The fraction of sp³-hybridized carbons (Fsp3) is 0.333. The van der Waals surface area contributed by atoms with Gasteiger partial charge in [-0.05, 0) is 29.8 Å². The van der Waals surface area contributed by atoms with Crippen molar-refractivity contribution in [3.8, 4) is 22.6 Å². The minimum atomic E-state index is -0.710. The third-order valence-electron chi connectivity index (χ3n) is 6.79. The van der Waals surface area contributed by atoms with Crippen molar-refractivity contribution in [2.75, 3.05) is 27.3 Å². The number of rotatable bonds is 6. The van der Waals surface area contributed by atoms with Gasteiger partial charge in [0.25, 0.3) is 0 Å². The molecule has 1 aliphatic heterocycles. The van der Waals surface area contributed by atoms with Crippen molar-refractivity contribution >= 4 is 5.57 Å². The van der Waals surface area contributed by atoms with Gasteiger partial charge in [-0.2, -0.15) is 0 Å². The first-order chi connectivity index (χ1) is 16.5. The van der Waals surface area contributed by atoms with E-state index >= 15 is 0 Å². The summed E-state index contributed by atoms with van der Waals surface area (Å²) in [5.74, 6) is -1.50. The number of likely N-dealkylation sites (N-methyl/N-ethyl adjacent to an activating group) is 1. The van der Waals surface area contributed by atoms with Crippen LogP contribution in [0.15, 0.2) is 36.7 Å². The monoisotopic (exact) mass is 463 g/mol. The fourth-order valence-corrected chi connectivity index (χ4v) is 4.78. The number of hydrogen-bond acceptors (Lipinski definition) is 5. The van der Waals surface area contributed by atoms with E-state index in [4.69, 9.17) is 14.5 Å². The van der Waals surface area contributed by atoms with Crippen LogP contribution in [0.25, 0.3) is 16.7 Å². The molecular formula is C27H27F2N3O2. The number of methoxy groups -OCH3 is 2. The van der Waals surface area contributed by atoms with Crippen LogP contribution in [0.3, 0.4) is 0 Å². The van der Waals surface area contributed by atoms with Gasteiger partial charge < -0.3 is 9.47 Å². The van der Waals surface area contributed by atoms with Crippen molar-refractivity contribution in [1.29, 1.82) is 0 Å². The lowest BCUT2D eigenvalue weighted by molar-refractivity contribution is 0.266. The van der Waals surface area contributed by atoms with Crippen molar-refractivity contribution in [2.24, 2.45) is 0 Å². The summed E-state index contributed by atoms with van der Waals surface area (Å²) in [7, 11) is 2.71. The highest BCUT2D eigenvalue weighted by Gasteiger charge is 2.25. The van der Waals surface area contributed by atoms with Crippen LogP contribution in [-0.2, 0) is 25.8 Å². The number of ether oxygens (including phenoxy) is 2. The van der Waals surface area contributed by atoms with Crippen LogP contribution < -0.4 is 9.47 Å². The zero-order valence-corrected chi connectivity index (χ0v) is 19.6. The average molecular weight is 464 g/mol. The maximum absolute atomic E-state index is 15.0. The summed E-state index contributed by atoms with van der Waals surface area (Å²) < 4.78 is 40.1. The Bertz CT molecular complexity index is 1260. The van der Waals surface area contributed by atoms with Gasteiger partial charge in [-0.3, -0.25) is 14.9 Å². The van der Waals surface area contributed by atoms with E-state index in [1.807, 2.05) is 18.5 Å². The van der Waals surface area contributed by atoms with E-state index in [1.54, 1.807) is 0 Å². The fourth-order valence-electron chi connectivity index (χ4n) is 4.78. The molecule has 0 fully saturated rings. The Hall–Kier alpha value is -3.32. The second-order valence-corrected chi connectivity index (χ2v) is 8.66. The molecule has 0 amide bonds. The summed E-state index contributed by atoms with van der Waals surface area (Å²) in [5.41, 5.74) is 6.91. The molecular weight excluding hydrogens is 436 g/mol. The molecule has 2 aliphatic rings. The van der Waals surface area contributed by atoms with Crippen molar-refractivity contribution < 1.29 is 18.3 Å². The molecule has 3 aromatic rings. The predicted molar refractivity (Wildman–Crippen MR) is 127 cm³/mol. The minimum Gasteiger partial charge on any atom is -0.494 e. The van der Waals surface area contributed by atoms with Crippen LogP contribution in [0, 0.1) is 11.6 Å². The first-order valence-corrected chi connectivity index (χ1v) is 11.5. The Balaban J connectivity index is 1.48. The summed E-state index contributed by atoms with van der Waals surface area (Å²) in [5, 5.41) is 0. The topological polar surface area (TPSA) is 47.5 Å². The molecule has 5 nitrogen and oxygen atoms in total. The highest BCUT2D eigenvalue weighted by Crippen LogP contribution is 2.37. The van der Waals surface area contributed by atoms with E-state index in [-0.39, 0.29) is 23.5 Å². The van der Waals surface area contributed by atoms with Gasteiger partial charge in [-0.15, -0.1) is 0 Å². The maximum atomic E-state index is 15.0. The maximum Gasteiger partial charge on any atom is 0.171 e. The van der Waals surface area contributed by atoms with Crippen molar-refractivity contribution in [3.05, 3.63) is 76.4 Å². The Morgan fingerprint density at radius 3 is 2.29 bits per heavy atom. The van der Waals surface area contributed by atoms with Crippen molar-refractivity contribution in [2.45, 2.75) is 32.7 Å². The van der Waals surface area contributed by atoms with Crippen molar-refractivity contribution in [3.63, 3.8) is 0 Å². The van der Waals surface area contributed by atoms with E-state index in [0.717, 1.165) is 59.7 Å². The van der Waals surface area contributed by atoms with Crippen LogP contribution >= 0.6 is 0 Å². The second-order valence-electron chi connectivity index (χ2n) is 8.66. The summed E-state index contributed by atoms with van der Waals surface area (Å²) in [4.78, 5) is 11.8. The number of fused-ring (bicyclic) bond motifs is 2. The lowest BCUT2D eigenvalue weighted by atomic mass is 9.96. The van der Waals surface area contributed by atoms with Crippen LogP contribution in [0.4, 0.5) is 8.78 Å². The molecule has 0 radical (unpaired) electrons. The minimum absolute atomic E-state index is 0.0415. The third kappa shape index (κ3) is 3.94. The Kier molecular flexibility index (Phi) is 6.04. The smallest absolute Gasteiger partial charge is 0.171 e. The number of benzene rings is 1. The van der Waals surface area contributed by atoms with Crippen LogP contribution in [0.1, 0.15) is 35.0 Å². The highest BCUT2D eigenvalue weighted by atomic mass is 19.1. The zero-order chi connectivity index (χ0) is 23.8. The molecule has 0 bridgehead atoms. The summed E-state index contributed by atoms with van der Waals surface area (Å²) >= 11 is 0. The average Bonchev–Trinajstić information content (AvgIpc) is 3.28. The molecule has 2 aromatic heterocycles. The quantitative estimate of drug-likeness (QED) is 0.515. The molecule has 176 valence electrons. The number of aromatic nitrogens is 2. The predicted octanol–water partition coefficient (Wildman–Crippen LogP) is 5.00. The van der Waals surface area contributed by atoms with Gasteiger partial charge in [0.2, 0.25) is 0 Å². The van der Waals surface area contributed by atoms with Gasteiger partial charge in [0.15, 0.2) is 23.1 Å². The number of allylic oxidation sites excluding steroid dienone is 2. The molecule has 0 N–H and O–H groups in total. The normalized spacial score (nSPS) is 15.0. The number of halogens is 2. The van der Waals surface area contributed by atoms with Gasteiger partial charge in [-0.1, -0.05) is 13.0 Å². The SMILES string of the molecule is CCN1CCc2ncc(-c3cnc4c(c3)C(Cc3c(F)c(OC)cc(OC)c3F)=CC4)cc2C1. The Labute approximate surface area is 198 Å². The molecule has 3 heterocycles. The van der Waals surface area contributed by atoms with E-state index in [0.29, 0.717) is 6.42 Å². The zero-order valence-electron chi connectivity index (χ0n) is 19.6. The lowest BCUT2D eigenvalue weighted by Crippen LogP contribution is -2.30. The lowest BCUT2D eigenvalue weighted by Gasteiger charge is -2.27. The molecule has 0 saturated heterocycles. The Morgan fingerprint density at radius 2 is 1.62 bits per heavy atom. The molecule has 34 heavy (non-hydrogen) atoms. The van der Waals surface area contributed by atoms with Gasteiger partial charge in [0.05, 0.1) is 19.9 Å². The first kappa shape index (κ1) is 22.5. The second kappa shape index (κ2) is 9.14. The molecule has 0 saturated carbocycles. The number of hydrogen-bond donors (Lipinski definition) is 0.